The maximum absolute atomic E-state index is 5.42. The second kappa shape index (κ2) is 1.78. The molecule has 0 saturated carbocycles. The molecule has 0 amide bonds. The van der Waals surface area contributed by atoms with E-state index in [4.69, 9.17) is 5.73 Å². The number of rotatable bonds is 0. The van der Waals surface area contributed by atoms with Gasteiger partial charge in [-0.2, -0.15) is 10.2 Å². The van der Waals surface area contributed by atoms with Crippen LogP contribution in [0.2, 0.25) is 0 Å². The van der Waals surface area contributed by atoms with E-state index in [1.54, 1.807) is 6.20 Å². The molecule has 1 heterocycles. The van der Waals surface area contributed by atoms with E-state index >= 15 is 0 Å². The van der Waals surface area contributed by atoms with Crippen molar-refractivity contribution >= 4 is 5.69 Å². The van der Waals surface area contributed by atoms with Crippen LogP contribution >= 0.6 is 0 Å². The molecule has 1 aromatic rings. The number of nitrogens with two attached hydrogens (primary N) is 1. The highest BCUT2D eigenvalue weighted by Crippen LogP contribution is 2.02. The summed E-state index contributed by atoms with van der Waals surface area (Å²) in [6, 6.07) is 0. The topological polar surface area (TPSA) is 51.8 Å². The van der Waals surface area contributed by atoms with Crippen LogP contribution in [0, 0.1) is 6.92 Å². The van der Waals surface area contributed by atoms with Crippen molar-refractivity contribution in [1.82, 2.24) is 10.2 Å². The smallest absolute Gasteiger partial charge is 0.0728 e. The van der Waals surface area contributed by atoms with Gasteiger partial charge in [0, 0.05) is 0 Å². The molecule has 2 N–H and O–H groups in total. The van der Waals surface area contributed by atoms with Crippen LogP contribution in [-0.2, 0) is 0 Å². The average molecular weight is 109 g/mol. The van der Waals surface area contributed by atoms with Crippen LogP contribution in [-0.4, -0.2) is 10.2 Å². The molecule has 0 saturated heterocycles. The lowest BCUT2D eigenvalue weighted by molar-refractivity contribution is 1.02. The third-order valence-corrected chi connectivity index (χ3v) is 0.970. The van der Waals surface area contributed by atoms with Gasteiger partial charge in [0.1, 0.15) is 0 Å². The van der Waals surface area contributed by atoms with Gasteiger partial charge in [-0.05, 0) is 12.5 Å². The Morgan fingerprint density at radius 3 is 2.38 bits per heavy atom. The van der Waals surface area contributed by atoms with Crippen molar-refractivity contribution in [2.45, 2.75) is 6.92 Å². The predicted molar refractivity (Wildman–Crippen MR) is 31.2 cm³/mol. The molecule has 1 rings (SSSR count). The van der Waals surface area contributed by atoms with Gasteiger partial charge in [-0.3, -0.25) is 0 Å². The van der Waals surface area contributed by atoms with Gasteiger partial charge in [-0.15, -0.1) is 0 Å². The van der Waals surface area contributed by atoms with Crippen molar-refractivity contribution in [1.29, 1.82) is 0 Å². The highest BCUT2D eigenvalue weighted by atomic mass is 15.1. The third kappa shape index (κ3) is 0.753. The molecule has 0 aliphatic rings. The zero-order valence-corrected chi connectivity index (χ0v) is 4.63. The van der Waals surface area contributed by atoms with E-state index in [1.165, 1.54) is 6.20 Å². The van der Waals surface area contributed by atoms with E-state index in [0.29, 0.717) is 5.69 Å². The van der Waals surface area contributed by atoms with Crippen LogP contribution in [0.5, 0.6) is 0 Å². The largest absolute Gasteiger partial charge is 0.397 e. The molecular weight excluding hydrogens is 102 g/mol. The molecule has 0 bridgehead atoms. The number of nitrogen functional groups attached to an aromatic ring is 1. The Hall–Kier alpha value is -1.12. The first kappa shape index (κ1) is 5.03. The van der Waals surface area contributed by atoms with Crippen molar-refractivity contribution in [3.63, 3.8) is 0 Å². The molecule has 3 heteroatoms. The molecule has 0 fully saturated rings. The Balaban J connectivity index is 3.13. The summed E-state index contributed by atoms with van der Waals surface area (Å²) in [5.41, 5.74) is 7.08. The number of anilines is 1. The lowest BCUT2D eigenvalue weighted by Crippen LogP contribution is -1.91. The van der Waals surface area contributed by atoms with E-state index < -0.39 is 0 Å². The fourth-order valence-corrected chi connectivity index (χ4v) is 0.392. The number of hydrogen-bond acceptors (Lipinski definition) is 3. The normalized spacial score (nSPS) is 9.12. The molecule has 0 aliphatic heterocycles. The SMILES string of the molecule is Cc1cnncc1N. The second-order valence-electron chi connectivity index (χ2n) is 1.63. The predicted octanol–water partition coefficient (Wildman–Crippen LogP) is 0.367. The van der Waals surface area contributed by atoms with E-state index in [2.05, 4.69) is 10.2 Å². The zero-order valence-electron chi connectivity index (χ0n) is 4.63. The van der Waals surface area contributed by atoms with Gasteiger partial charge < -0.3 is 5.73 Å². The summed E-state index contributed by atoms with van der Waals surface area (Å²) in [5, 5.41) is 7.19. The number of nitrogens with zero attached hydrogens (tertiary/aromatic N) is 2. The fourth-order valence-electron chi connectivity index (χ4n) is 0.392. The molecule has 0 radical (unpaired) electrons. The van der Waals surface area contributed by atoms with Crippen molar-refractivity contribution in [2.24, 2.45) is 0 Å². The van der Waals surface area contributed by atoms with E-state index in [0.717, 1.165) is 5.56 Å². The first-order valence-corrected chi connectivity index (χ1v) is 2.33. The van der Waals surface area contributed by atoms with E-state index in [-0.39, 0.29) is 0 Å². The van der Waals surface area contributed by atoms with Crippen LogP contribution in [0.4, 0.5) is 5.69 Å². The Labute approximate surface area is 47.5 Å². The molecule has 0 spiro atoms. The van der Waals surface area contributed by atoms with Crippen molar-refractivity contribution in [3.05, 3.63) is 18.0 Å². The monoisotopic (exact) mass is 109 g/mol. The minimum Gasteiger partial charge on any atom is -0.397 e. The van der Waals surface area contributed by atoms with E-state index in [9.17, 15) is 0 Å². The molecular formula is C5H7N3. The van der Waals surface area contributed by atoms with Crippen molar-refractivity contribution in [3.8, 4) is 0 Å². The summed E-state index contributed by atoms with van der Waals surface area (Å²) in [6.45, 7) is 1.89. The molecule has 0 atom stereocenters. The van der Waals surface area contributed by atoms with Crippen LogP contribution < -0.4 is 5.73 Å². The van der Waals surface area contributed by atoms with Crippen LogP contribution in [0.3, 0.4) is 0 Å². The van der Waals surface area contributed by atoms with Crippen LogP contribution in [0.1, 0.15) is 5.56 Å². The van der Waals surface area contributed by atoms with Gasteiger partial charge in [-0.25, -0.2) is 0 Å². The molecule has 1 aromatic heterocycles. The first-order valence-electron chi connectivity index (χ1n) is 2.33. The zero-order chi connectivity index (χ0) is 5.98. The quantitative estimate of drug-likeness (QED) is 0.523. The fraction of sp³-hybridized carbons (Fsp3) is 0.200. The Kier molecular flexibility index (Phi) is 1.12. The van der Waals surface area contributed by atoms with Gasteiger partial charge >= 0.3 is 0 Å². The third-order valence-electron chi connectivity index (χ3n) is 0.970. The Bertz CT molecular complexity index is 164. The molecule has 0 unspecified atom stereocenters. The molecule has 0 aromatic carbocycles. The summed E-state index contributed by atoms with van der Waals surface area (Å²) >= 11 is 0. The summed E-state index contributed by atoms with van der Waals surface area (Å²) in [5.74, 6) is 0. The maximum Gasteiger partial charge on any atom is 0.0728 e. The lowest BCUT2D eigenvalue weighted by Gasteiger charge is -1.91. The van der Waals surface area contributed by atoms with Gasteiger partial charge in [0.2, 0.25) is 0 Å². The molecule has 0 aliphatic carbocycles. The minimum absolute atomic E-state index is 0.694. The summed E-state index contributed by atoms with van der Waals surface area (Å²) in [4.78, 5) is 0. The standard InChI is InChI=1S/C5H7N3/c1-4-2-7-8-3-5(4)6/h2-3H,1H3,(H2,6,7). The van der Waals surface area contributed by atoms with Gasteiger partial charge in [0.05, 0.1) is 18.1 Å². The average Bonchev–Trinajstić information content (AvgIpc) is 1.77. The first-order chi connectivity index (χ1) is 3.80. The maximum atomic E-state index is 5.42. The highest BCUT2D eigenvalue weighted by molar-refractivity contribution is 5.40. The molecule has 3 nitrogen and oxygen atoms in total. The number of hydrogen-bond donors (Lipinski definition) is 1. The summed E-state index contributed by atoms with van der Waals surface area (Å²) in [7, 11) is 0. The number of aromatic nitrogens is 2. The molecule has 42 valence electrons. The minimum atomic E-state index is 0.694. The summed E-state index contributed by atoms with van der Waals surface area (Å²) < 4.78 is 0. The van der Waals surface area contributed by atoms with Crippen molar-refractivity contribution < 1.29 is 0 Å². The second-order valence-corrected chi connectivity index (χ2v) is 1.63. The van der Waals surface area contributed by atoms with Gasteiger partial charge in [0.15, 0.2) is 0 Å². The van der Waals surface area contributed by atoms with Gasteiger partial charge in [-0.1, -0.05) is 0 Å². The van der Waals surface area contributed by atoms with Gasteiger partial charge in [0.25, 0.3) is 0 Å². The Morgan fingerprint density at radius 1 is 1.38 bits per heavy atom. The highest BCUT2D eigenvalue weighted by Gasteiger charge is 1.87. The molecule has 8 heavy (non-hydrogen) atoms. The van der Waals surface area contributed by atoms with Crippen LogP contribution in [0.25, 0.3) is 0 Å². The summed E-state index contributed by atoms with van der Waals surface area (Å²) in [6.07, 6.45) is 3.17. The van der Waals surface area contributed by atoms with Crippen molar-refractivity contribution in [2.75, 3.05) is 5.73 Å². The Morgan fingerprint density at radius 2 is 2.00 bits per heavy atom. The van der Waals surface area contributed by atoms with E-state index in [1.807, 2.05) is 6.92 Å². The van der Waals surface area contributed by atoms with Crippen LogP contribution in [0.15, 0.2) is 12.4 Å². The lowest BCUT2D eigenvalue weighted by atomic mass is 10.3. The number of aryl methyl sites for hydroxylation is 1.